The standard InChI is InChI=1S/C13H13IO2/c1-8-11(7-12(15)13(8)14)9-3-5-10(16-2)6-4-9/h3-6,11H,7H2,1-2H3. The lowest BCUT2D eigenvalue weighted by Gasteiger charge is -2.11. The van der Waals surface area contributed by atoms with Gasteiger partial charge in [-0.1, -0.05) is 12.1 Å². The largest absolute Gasteiger partial charge is 0.497 e. The molecule has 0 fully saturated rings. The maximum Gasteiger partial charge on any atom is 0.169 e. The number of allylic oxidation sites excluding steroid dienone is 2. The minimum absolute atomic E-state index is 0.255. The van der Waals surface area contributed by atoms with Crippen molar-refractivity contribution in [1.82, 2.24) is 0 Å². The van der Waals surface area contributed by atoms with Crippen LogP contribution >= 0.6 is 22.6 Å². The van der Waals surface area contributed by atoms with E-state index in [2.05, 4.69) is 22.6 Å². The minimum Gasteiger partial charge on any atom is -0.497 e. The average Bonchev–Trinajstić information content (AvgIpc) is 2.57. The SMILES string of the molecule is COc1ccc(C2CC(=O)C(I)=C2C)cc1. The van der Waals surface area contributed by atoms with Gasteiger partial charge in [0.15, 0.2) is 5.78 Å². The lowest BCUT2D eigenvalue weighted by molar-refractivity contribution is -0.114. The van der Waals surface area contributed by atoms with E-state index in [9.17, 15) is 4.79 Å². The van der Waals surface area contributed by atoms with E-state index < -0.39 is 0 Å². The number of ketones is 1. The number of ether oxygens (including phenoxy) is 1. The number of methoxy groups -OCH3 is 1. The van der Waals surface area contributed by atoms with E-state index in [1.54, 1.807) is 7.11 Å². The van der Waals surface area contributed by atoms with E-state index in [4.69, 9.17) is 4.74 Å². The molecule has 1 aromatic rings. The van der Waals surface area contributed by atoms with Crippen molar-refractivity contribution in [2.75, 3.05) is 7.11 Å². The minimum atomic E-state index is 0.255. The van der Waals surface area contributed by atoms with E-state index >= 15 is 0 Å². The molecule has 1 unspecified atom stereocenters. The summed E-state index contributed by atoms with van der Waals surface area (Å²) in [6.45, 7) is 2.04. The fraction of sp³-hybridized carbons (Fsp3) is 0.308. The molecule has 16 heavy (non-hydrogen) atoms. The molecule has 1 aromatic carbocycles. The Morgan fingerprint density at radius 2 is 1.94 bits per heavy atom. The van der Waals surface area contributed by atoms with Crippen LogP contribution in [0.2, 0.25) is 0 Å². The highest BCUT2D eigenvalue weighted by molar-refractivity contribution is 14.1. The molecule has 0 spiro atoms. The fourth-order valence-electron chi connectivity index (χ4n) is 2.01. The predicted octanol–water partition coefficient (Wildman–Crippen LogP) is 3.46. The molecule has 84 valence electrons. The number of benzene rings is 1. The third-order valence-electron chi connectivity index (χ3n) is 3.02. The highest BCUT2D eigenvalue weighted by Crippen LogP contribution is 2.39. The van der Waals surface area contributed by atoms with E-state index in [1.807, 2.05) is 31.2 Å². The van der Waals surface area contributed by atoms with Crippen LogP contribution in [0.15, 0.2) is 33.4 Å². The van der Waals surface area contributed by atoms with Gasteiger partial charge in [0, 0.05) is 12.3 Å². The van der Waals surface area contributed by atoms with Crippen molar-refractivity contribution in [3.8, 4) is 5.75 Å². The number of hydrogen-bond acceptors (Lipinski definition) is 2. The Balaban J connectivity index is 2.29. The number of rotatable bonds is 2. The quantitative estimate of drug-likeness (QED) is 0.777. The van der Waals surface area contributed by atoms with Crippen molar-refractivity contribution in [3.05, 3.63) is 39.0 Å². The van der Waals surface area contributed by atoms with E-state index in [-0.39, 0.29) is 11.7 Å². The Hall–Kier alpha value is -0.840. The number of halogens is 1. The Morgan fingerprint density at radius 1 is 1.31 bits per heavy atom. The summed E-state index contributed by atoms with van der Waals surface area (Å²) < 4.78 is 6.02. The van der Waals surface area contributed by atoms with Crippen molar-refractivity contribution in [1.29, 1.82) is 0 Å². The van der Waals surface area contributed by atoms with Crippen molar-refractivity contribution >= 4 is 28.4 Å². The molecule has 0 N–H and O–H groups in total. The number of carbonyl (C=O) groups excluding carboxylic acids is 1. The van der Waals surface area contributed by atoms with Crippen molar-refractivity contribution in [2.24, 2.45) is 0 Å². The number of hydrogen-bond donors (Lipinski definition) is 0. The highest BCUT2D eigenvalue weighted by Gasteiger charge is 2.28. The zero-order chi connectivity index (χ0) is 11.7. The van der Waals surface area contributed by atoms with Gasteiger partial charge in [0.1, 0.15) is 5.75 Å². The molecule has 0 saturated carbocycles. The maximum atomic E-state index is 11.6. The normalized spacial score (nSPS) is 20.4. The second kappa shape index (κ2) is 4.57. The molecule has 0 radical (unpaired) electrons. The third kappa shape index (κ3) is 2.00. The molecule has 0 amide bonds. The molecule has 0 bridgehead atoms. The average molecular weight is 328 g/mol. The van der Waals surface area contributed by atoms with Gasteiger partial charge in [0.2, 0.25) is 0 Å². The van der Waals surface area contributed by atoms with Gasteiger partial charge < -0.3 is 4.74 Å². The summed E-state index contributed by atoms with van der Waals surface area (Å²) in [4.78, 5) is 11.6. The molecule has 2 rings (SSSR count). The highest BCUT2D eigenvalue weighted by atomic mass is 127. The van der Waals surface area contributed by atoms with Crippen LogP contribution in [0.3, 0.4) is 0 Å². The summed E-state index contributed by atoms with van der Waals surface area (Å²) in [5.74, 6) is 1.37. The second-order valence-electron chi connectivity index (χ2n) is 3.95. The van der Waals surface area contributed by atoms with Crippen LogP contribution in [0.4, 0.5) is 0 Å². The third-order valence-corrected chi connectivity index (χ3v) is 4.47. The molecular weight excluding hydrogens is 315 g/mol. The summed E-state index contributed by atoms with van der Waals surface area (Å²) in [5, 5.41) is 0. The summed E-state index contributed by atoms with van der Waals surface area (Å²) in [5.41, 5.74) is 2.38. The van der Waals surface area contributed by atoms with E-state index in [0.717, 1.165) is 9.33 Å². The molecule has 1 atom stereocenters. The first-order valence-electron chi connectivity index (χ1n) is 5.17. The Kier molecular flexibility index (Phi) is 3.33. The summed E-state index contributed by atoms with van der Waals surface area (Å²) in [6.07, 6.45) is 0.608. The van der Waals surface area contributed by atoms with E-state index in [1.165, 1.54) is 11.1 Å². The van der Waals surface area contributed by atoms with Crippen LogP contribution in [-0.2, 0) is 4.79 Å². The molecule has 0 aliphatic heterocycles. The van der Waals surface area contributed by atoms with Crippen molar-refractivity contribution in [2.45, 2.75) is 19.3 Å². The van der Waals surface area contributed by atoms with Crippen LogP contribution in [-0.4, -0.2) is 12.9 Å². The molecule has 1 aliphatic rings. The monoisotopic (exact) mass is 328 g/mol. The second-order valence-corrected chi connectivity index (χ2v) is 5.03. The van der Waals surface area contributed by atoms with Gasteiger partial charge in [-0.15, -0.1) is 0 Å². The van der Waals surface area contributed by atoms with E-state index in [0.29, 0.717) is 6.42 Å². The molecular formula is C13H13IO2. The summed E-state index contributed by atoms with van der Waals surface area (Å²) in [6, 6.07) is 7.96. The van der Waals surface area contributed by atoms with Gasteiger partial charge in [0.25, 0.3) is 0 Å². The topological polar surface area (TPSA) is 26.3 Å². The number of Topliss-reactive ketones (excluding diaryl/α,β-unsaturated/α-hetero) is 1. The van der Waals surface area contributed by atoms with Crippen LogP contribution in [0, 0.1) is 0 Å². The summed E-state index contributed by atoms with van der Waals surface area (Å²) >= 11 is 2.15. The first-order valence-corrected chi connectivity index (χ1v) is 6.24. The van der Waals surface area contributed by atoms with Gasteiger partial charge in [0.05, 0.1) is 10.7 Å². The van der Waals surface area contributed by atoms with Crippen LogP contribution in [0.25, 0.3) is 0 Å². The van der Waals surface area contributed by atoms with Crippen molar-refractivity contribution in [3.63, 3.8) is 0 Å². The predicted molar refractivity (Wildman–Crippen MR) is 72.1 cm³/mol. The zero-order valence-corrected chi connectivity index (χ0v) is 11.4. The molecule has 3 heteroatoms. The van der Waals surface area contributed by atoms with Crippen LogP contribution < -0.4 is 4.74 Å². The molecule has 0 heterocycles. The number of carbonyl (C=O) groups is 1. The van der Waals surface area contributed by atoms with Crippen LogP contribution in [0.5, 0.6) is 5.75 Å². The first kappa shape index (κ1) is 11.6. The van der Waals surface area contributed by atoms with Crippen molar-refractivity contribution < 1.29 is 9.53 Å². The first-order chi connectivity index (χ1) is 7.63. The smallest absolute Gasteiger partial charge is 0.169 e. The van der Waals surface area contributed by atoms with Gasteiger partial charge in [-0.05, 0) is 52.8 Å². The lowest BCUT2D eigenvalue weighted by atomic mass is 9.93. The Morgan fingerprint density at radius 3 is 2.38 bits per heavy atom. The summed E-state index contributed by atoms with van der Waals surface area (Å²) in [7, 11) is 1.65. The fourth-order valence-corrected chi connectivity index (χ4v) is 2.60. The molecule has 2 nitrogen and oxygen atoms in total. The molecule has 1 aliphatic carbocycles. The maximum absolute atomic E-state index is 11.6. The van der Waals surface area contributed by atoms with Gasteiger partial charge in [-0.3, -0.25) is 4.79 Å². The zero-order valence-electron chi connectivity index (χ0n) is 9.29. The van der Waals surface area contributed by atoms with Crippen LogP contribution in [0.1, 0.15) is 24.8 Å². The Labute approximate surface area is 109 Å². The lowest BCUT2D eigenvalue weighted by Crippen LogP contribution is -1.98. The molecule has 0 aromatic heterocycles. The Bertz CT molecular complexity index is 446. The van der Waals surface area contributed by atoms with Gasteiger partial charge in [-0.25, -0.2) is 0 Å². The molecule has 0 saturated heterocycles. The van der Waals surface area contributed by atoms with Gasteiger partial charge >= 0.3 is 0 Å². The van der Waals surface area contributed by atoms with Gasteiger partial charge in [-0.2, -0.15) is 0 Å².